The Morgan fingerprint density at radius 1 is 0.457 bits per heavy atom. The SMILES string of the molecule is CC(C)(C)C1(C)CCCC1.CC(C)(C)C1(C)CCCCC1.CC(C)(C)c1ccccc1.CC(C)c1cc(C(C)C)c(C(C)(C)C)c(C(C)C)c1.[2H]C([2H])(C(C)(C)C)C(C)(C)C.[2H]C([2H])(C(C)(C)C)C(C)(C)C(F)(F)F.[2H]C([2H])(C(C)C)C(C)(C)C.[2H]C([2H])(C)C([2H])([2H])C(C)(C)C.[2H]C([2H])([2H])C([2H])(C([2H])([2H])C)C(C)(C)C. The number of rotatable bonds is 7. The van der Waals surface area contributed by atoms with Gasteiger partial charge in [-0.05, 0) is 174 Å². The fourth-order valence-corrected chi connectivity index (χ4v) is 11.5. The van der Waals surface area contributed by atoms with Crippen LogP contribution in [0.5, 0.6) is 0 Å². The molecule has 0 radical (unpaired) electrons. The highest BCUT2D eigenvalue weighted by Crippen LogP contribution is 2.51. The lowest BCUT2D eigenvalue weighted by atomic mass is 9.61. The van der Waals surface area contributed by atoms with E-state index in [0.717, 1.165) is 20.8 Å². The smallest absolute Gasteiger partial charge is 0.171 e. The molecule has 0 bridgehead atoms. The van der Waals surface area contributed by atoms with Crippen LogP contribution < -0.4 is 0 Å². The summed E-state index contributed by atoms with van der Waals surface area (Å²) < 4.78 is 159. The molecule has 0 saturated heterocycles. The van der Waals surface area contributed by atoms with Crippen molar-refractivity contribution >= 4 is 0 Å². The van der Waals surface area contributed by atoms with Crippen LogP contribution in [-0.2, 0) is 10.8 Å². The first-order valence-corrected chi connectivity index (χ1v) is 36.6. The summed E-state index contributed by atoms with van der Waals surface area (Å²) in [5.41, 5.74) is 4.50. The number of benzene rings is 2. The minimum Gasteiger partial charge on any atom is -0.171 e. The highest BCUT2D eigenvalue weighted by atomic mass is 19.4. The van der Waals surface area contributed by atoms with E-state index in [9.17, 15) is 13.2 Å². The van der Waals surface area contributed by atoms with Crippen molar-refractivity contribution < 1.29 is 35.1 Å². The van der Waals surface area contributed by atoms with E-state index in [1.165, 1.54) is 96.6 Å². The molecule has 2 aliphatic carbocycles. The molecular weight excluding hydrogens is 1150 g/mol. The van der Waals surface area contributed by atoms with Gasteiger partial charge in [0.1, 0.15) is 0 Å². The lowest BCUT2D eigenvalue weighted by Gasteiger charge is -2.45. The summed E-state index contributed by atoms with van der Waals surface area (Å²) in [6.45, 7) is 83.9. The van der Waals surface area contributed by atoms with E-state index in [1.54, 1.807) is 58.2 Å². The Hall–Kier alpha value is -1.77. The van der Waals surface area contributed by atoms with Crippen molar-refractivity contribution in [1.29, 1.82) is 0 Å². The largest absolute Gasteiger partial charge is 0.393 e. The molecule has 1 atom stereocenters. The number of hydrogen-bond donors (Lipinski definition) is 0. The van der Waals surface area contributed by atoms with E-state index in [2.05, 4.69) is 181 Å². The lowest BCUT2D eigenvalue weighted by molar-refractivity contribution is -0.220. The second-order valence-corrected chi connectivity index (χ2v) is 40.0. The molecule has 2 fully saturated rings. The Morgan fingerprint density at radius 2 is 0.798 bits per heavy atom. The van der Waals surface area contributed by atoms with E-state index in [0.29, 0.717) is 44.8 Å². The molecular formula is C91H177F3. The van der Waals surface area contributed by atoms with E-state index in [-0.39, 0.29) is 27.6 Å². The minimum atomic E-state index is -4.54. The van der Waals surface area contributed by atoms with Crippen LogP contribution in [-0.4, -0.2) is 6.18 Å². The average molecular weight is 1340 g/mol. The summed E-state index contributed by atoms with van der Waals surface area (Å²) in [5.74, 6) is -0.236. The Balaban J connectivity index is -0.000000379. The van der Waals surface area contributed by atoms with Crippen molar-refractivity contribution in [2.24, 2.45) is 71.4 Å². The van der Waals surface area contributed by atoms with Crippen molar-refractivity contribution in [3.63, 3.8) is 0 Å². The zero-order valence-corrected chi connectivity index (χ0v) is 71.3. The molecule has 0 heterocycles. The molecule has 4 rings (SSSR count). The molecule has 0 aliphatic heterocycles. The topological polar surface area (TPSA) is 0 Å². The predicted molar refractivity (Wildman–Crippen MR) is 429 cm³/mol. The third-order valence-electron chi connectivity index (χ3n) is 17.2. The first-order valence-electron chi connectivity index (χ1n) is 44.6. The summed E-state index contributed by atoms with van der Waals surface area (Å²) >= 11 is 0. The van der Waals surface area contributed by atoms with Crippen molar-refractivity contribution in [2.75, 3.05) is 0 Å². The van der Waals surface area contributed by atoms with E-state index in [4.69, 9.17) is 21.9 Å². The molecule has 0 amide bonds. The Morgan fingerprint density at radius 3 is 0.926 bits per heavy atom. The van der Waals surface area contributed by atoms with Crippen LogP contribution >= 0.6 is 0 Å². The van der Waals surface area contributed by atoms with E-state index < -0.39 is 78.8 Å². The minimum absolute atomic E-state index is 0.0903. The van der Waals surface area contributed by atoms with Gasteiger partial charge in [-0.2, -0.15) is 13.2 Å². The average Bonchev–Trinajstić information content (AvgIpc) is 0.831. The number of halogens is 3. The van der Waals surface area contributed by atoms with Gasteiger partial charge in [0.15, 0.2) is 0 Å². The highest BCUT2D eigenvalue weighted by Gasteiger charge is 2.49. The molecule has 94 heavy (non-hydrogen) atoms. The molecule has 562 valence electrons. The van der Waals surface area contributed by atoms with Crippen LogP contribution in [0.2, 0.25) is 0 Å². The lowest BCUT2D eigenvalue weighted by Crippen LogP contribution is -2.35. The standard InChI is InChI=1S/C19H32.C11H22.C10H20.C10H14.C9H17F3.C9H20.2C8H18.C7H16/c1-12(2)15-10-16(13(3)4)18(19(7,8)9)17(11-15)14(5)6;1-10(2,3)11(4)8-6-5-7-9-11;1-9(2,3)10(4)7-5-6-8-10;1-10(2,3)9-7-5-4-6-8-9;1-7(2,3)6-8(4,5)9(10,11)12;1-8(2,3)7-9(4,5)6;1-7(2)6-8(3,4)5;1-6-7(2)8(3,4)5;1-5-6-7(2,3)4/h10-14H,1-9H3;5-9H2,1-4H3;5-8H2,1-4H3;4-8H,1-3H3;6H2,1-5H3;7H2,1-6H3;2*7H,6H2,1-5H3;5-6H2,1-4H3/i;;;;6D2;7D2;6D2;2D3,6D2,7D;5D2,6D2. The third-order valence-corrected chi connectivity index (χ3v) is 17.2. The third kappa shape index (κ3) is 48.9. The summed E-state index contributed by atoms with van der Waals surface area (Å²) in [6.07, 6.45) is -1.65. The van der Waals surface area contributed by atoms with E-state index >= 15 is 0 Å². The molecule has 2 saturated carbocycles. The van der Waals surface area contributed by atoms with Crippen molar-refractivity contribution in [3.05, 3.63) is 70.3 Å². The maximum absolute atomic E-state index is 12.6. The molecule has 0 aromatic heterocycles. The highest BCUT2D eigenvalue weighted by molar-refractivity contribution is 5.47. The van der Waals surface area contributed by atoms with Gasteiger partial charge in [-0.25, -0.2) is 0 Å². The zero-order chi connectivity index (χ0) is 90.5. The maximum Gasteiger partial charge on any atom is 0.393 e. The van der Waals surface area contributed by atoms with Gasteiger partial charge < -0.3 is 0 Å². The summed E-state index contributed by atoms with van der Waals surface area (Å²) in [4.78, 5) is 0. The fourth-order valence-electron chi connectivity index (χ4n) is 11.5. The summed E-state index contributed by atoms with van der Waals surface area (Å²) in [6, 6.07) is 15.4. The van der Waals surface area contributed by atoms with Crippen molar-refractivity contribution in [3.8, 4) is 0 Å². The van der Waals surface area contributed by atoms with Gasteiger partial charge in [0.05, 0.1) is 5.41 Å². The number of alkyl halides is 3. The first kappa shape index (κ1) is 72.0. The molecule has 2 aromatic carbocycles. The van der Waals surface area contributed by atoms with Crippen LogP contribution in [0.1, 0.15) is 475 Å². The second-order valence-electron chi connectivity index (χ2n) is 40.0. The van der Waals surface area contributed by atoms with Gasteiger partial charge in [0.25, 0.3) is 0 Å². The molecule has 3 heteroatoms. The fraction of sp³-hybridized carbons (Fsp3) is 0.868. The summed E-state index contributed by atoms with van der Waals surface area (Å²) in [7, 11) is 0. The molecule has 2 aliphatic rings. The first-order chi connectivity index (χ1) is 47.3. The molecule has 0 N–H and O–H groups in total. The monoisotopic (exact) mass is 1340 g/mol. The van der Waals surface area contributed by atoms with Gasteiger partial charge in [-0.15, -0.1) is 0 Å². The number of hydrogen-bond acceptors (Lipinski definition) is 0. The van der Waals surface area contributed by atoms with Crippen LogP contribution in [0.3, 0.4) is 0 Å². The predicted octanol–water partition coefficient (Wildman–Crippen LogP) is 33.4. The van der Waals surface area contributed by atoms with Gasteiger partial charge in [-0.3, -0.25) is 0 Å². The Bertz CT molecular complexity index is 2730. The normalized spacial score (nSPS) is 19.9. The van der Waals surface area contributed by atoms with Crippen molar-refractivity contribution in [2.45, 2.75) is 442 Å². The van der Waals surface area contributed by atoms with Crippen molar-refractivity contribution in [1.82, 2.24) is 0 Å². The summed E-state index contributed by atoms with van der Waals surface area (Å²) in [5, 5.41) is 0. The molecule has 2 aromatic rings. The quantitative estimate of drug-likeness (QED) is 0.259. The van der Waals surface area contributed by atoms with Crippen LogP contribution in [0, 0.1) is 71.4 Å². The van der Waals surface area contributed by atoms with Gasteiger partial charge in [0, 0.05) is 21.9 Å². The Labute approximate surface area is 616 Å². The van der Waals surface area contributed by atoms with Gasteiger partial charge >= 0.3 is 6.18 Å². The molecule has 0 nitrogen and oxygen atoms in total. The van der Waals surface area contributed by atoms with E-state index in [1.807, 2.05) is 76.2 Å². The van der Waals surface area contributed by atoms with Crippen LogP contribution in [0.15, 0.2) is 42.5 Å². The van der Waals surface area contributed by atoms with Gasteiger partial charge in [-0.1, -0.05) is 399 Å². The molecule has 0 spiro atoms. The van der Waals surface area contributed by atoms with Crippen LogP contribution in [0.25, 0.3) is 0 Å². The second kappa shape index (κ2) is 41.2. The zero-order valence-electron chi connectivity index (χ0n) is 87.3. The Kier molecular flexibility index (Phi) is 31.6. The molecule has 1 unspecified atom stereocenters. The van der Waals surface area contributed by atoms with Crippen LogP contribution in [0.4, 0.5) is 13.2 Å². The van der Waals surface area contributed by atoms with Gasteiger partial charge in [0.2, 0.25) is 0 Å². The maximum atomic E-state index is 12.6.